The SMILES string of the molecule is C=CCSCCNc1c(N)c(CC)nn1C. The van der Waals surface area contributed by atoms with Crippen LogP contribution < -0.4 is 11.1 Å². The number of nitrogens with two attached hydrogens (primary N) is 1. The fraction of sp³-hybridized carbons (Fsp3) is 0.545. The highest BCUT2D eigenvalue weighted by Gasteiger charge is 2.10. The van der Waals surface area contributed by atoms with Gasteiger partial charge in [-0.25, -0.2) is 0 Å². The van der Waals surface area contributed by atoms with Gasteiger partial charge >= 0.3 is 0 Å². The molecule has 1 heterocycles. The molecule has 0 atom stereocenters. The van der Waals surface area contributed by atoms with Crippen molar-refractivity contribution in [2.45, 2.75) is 13.3 Å². The van der Waals surface area contributed by atoms with Gasteiger partial charge in [-0.05, 0) is 6.42 Å². The molecule has 16 heavy (non-hydrogen) atoms. The summed E-state index contributed by atoms with van der Waals surface area (Å²) in [6, 6.07) is 0. The minimum absolute atomic E-state index is 0.777. The Morgan fingerprint density at radius 3 is 2.94 bits per heavy atom. The molecule has 0 aliphatic rings. The molecule has 90 valence electrons. The van der Waals surface area contributed by atoms with Gasteiger partial charge in [0.25, 0.3) is 0 Å². The van der Waals surface area contributed by atoms with Crippen LogP contribution in [0.5, 0.6) is 0 Å². The second kappa shape index (κ2) is 6.48. The quantitative estimate of drug-likeness (QED) is 0.564. The Kier molecular flexibility index (Phi) is 5.25. The van der Waals surface area contributed by atoms with Crippen LogP contribution in [0.2, 0.25) is 0 Å². The van der Waals surface area contributed by atoms with E-state index in [1.165, 1.54) is 0 Å². The lowest BCUT2D eigenvalue weighted by atomic mass is 10.3. The van der Waals surface area contributed by atoms with Gasteiger partial charge in [0, 0.05) is 25.1 Å². The van der Waals surface area contributed by atoms with E-state index >= 15 is 0 Å². The summed E-state index contributed by atoms with van der Waals surface area (Å²) in [7, 11) is 1.91. The van der Waals surface area contributed by atoms with Gasteiger partial charge in [-0.3, -0.25) is 4.68 Å². The van der Waals surface area contributed by atoms with E-state index in [2.05, 4.69) is 23.9 Å². The lowest BCUT2D eigenvalue weighted by Crippen LogP contribution is -2.09. The molecule has 0 radical (unpaired) electrons. The number of nitrogens with one attached hydrogen (secondary N) is 1. The number of aromatic nitrogens is 2. The van der Waals surface area contributed by atoms with Crippen molar-refractivity contribution in [2.75, 3.05) is 29.1 Å². The van der Waals surface area contributed by atoms with E-state index in [9.17, 15) is 0 Å². The summed E-state index contributed by atoms with van der Waals surface area (Å²) in [6.45, 7) is 6.64. The minimum atomic E-state index is 0.777. The number of aryl methyl sites for hydroxylation is 2. The van der Waals surface area contributed by atoms with Gasteiger partial charge in [-0.15, -0.1) is 6.58 Å². The third kappa shape index (κ3) is 3.20. The standard InChI is InChI=1S/C11H20N4S/c1-4-7-16-8-6-13-11-10(12)9(5-2)14-15(11)3/h4,13H,1,5-8,12H2,2-3H3. The van der Waals surface area contributed by atoms with Crippen LogP contribution in [0, 0.1) is 0 Å². The van der Waals surface area contributed by atoms with Crippen LogP contribution in [-0.2, 0) is 13.5 Å². The van der Waals surface area contributed by atoms with Crippen LogP contribution in [0.25, 0.3) is 0 Å². The van der Waals surface area contributed by atoms with E-state index in [1.54, 1.807) is 0 Å². The highest BCUT2D eigenvalue weighted by atomic mass is 32.2. The minimum Gasteiger partial charge on any atom is -0.394 e. The zero-order valence-electron chi connectivity index (χ0n) is 9.99. The van der Waals surface area contributed by atoms with Crippen LogP contribution in [0.1, 0.15) is 12.6 Å². The highest BCUT2D eigenvalue weighted by molar-refractivity contribution is 7.99. The molecule has 4 nitrogen and oxygen atoms in total. The van der Waals surface area contributed by atoms with Crippen molar-refractivity contribution in [3.8, 4) is 0 Å². The zero-order chi connectivity index (χ0) is 12.0. The molecule has 3 N–H and O–H groups in total. The summed E-state index contributed by atoms with van der Waals surface area (Å²) in [4.78, 5) is 0. The first-order valence-electron chi connectivity index (χ1n) is 5.44. The summed E-state index contributed by atoms with van der Waals surface area (Å²) in [5.41, 5.74) is 7.73. The molecule has 0 aromatic carbocycles. The molecule has 0 aliphatic heterocycles. The molecular formula is C11H20N4S. The maximum atomic E-state index is 5.99. The number of hydrogen-bond acceptors (Lipinski definition) is 4. The predicted octanol–water partition coefficient (Wildman–Crippen LogP) is 1.90. The van der Waals surface area contributed by atoms with Crippen LogP contribution in [0.4, 0.5) is 11.5 Å². The maximum absolute atomic E-state index is 5.99. The smallest absolute Gasteiger partial charge is 0.147 e. The summed E-state index contributed by atoms with van der Waals surface area (Å²) >= 11 is 1.85. The van der Waals surface area contributed by atoms with Crippen molar-refractivity contribution in [1.82, 2.24) is 9.78 Å². The molecule has 0 aliphatic carbocycles. The number of anilines is 2. The molecule has 0 fully saturated rings. The molecule has 0 spiro atoms. The van der Waals surface area contributed by atoms with Gasteiger partial charge < -0.3 is 11.1 Å². The Balaban J connectivity index is 2.47. The van der Waals surface area contributed by atoms with Crippen LogP contribution in [-0.4, -0.2) is 27.8 Å². The Morgan fingerprint density at radius 1 is 1.62 bits per heavy atom. The summed E-state index contributed by atoms with van der Waals surface area (Å²) in [5.74, 6) is 2.96. The van der Waals surface area contributed by atoms with Crippen molar-refractivity contribution >= 4 is 23.3 Å². The van der Waals surface area contributed by atoms with E-state index in [1.807, 2.05) is 29.6 Å². The fourth-order valence-corrected chi connectivity index (χ4v) is 2.05. The van der Waals surface area contributed by atoms with E-state index < -0.39 is 0 Å². The molecule has 0 bridgehead atoms. The zero-order valence-corrected chi connectivity index (χ0v) is 10.8. The molecule has 0 unspecified atom stereocenters. The van der Waals surface area contributed by atoms with Crippen molar-refractivity contribution < 1.29 is 0 Å². The molecule has 0 saturated heterocycles. The fourth-order valence-electron chi connectivity index (χ4n) is 1.47. The van der Waals surface area contributed by atoms with Gasteiger partial charge in [0.05, 0.1) is 11.4 Å². The number of nitrogens with zero attached hydrogens (tertiary/aromatic N) is 2. The first-order chi connectivity index (χ1) is 7.70. The Labute approximate surface area is 101 Å². The summed E-state index contributed by atoms with van der Waals surface area (Å²) in [6.07, 6.45) is 2.78. The third-order valence-corrected chi connectivity index (χ3v) is 3.23. The second-order valence-electron chi connectivity index (χ2n) is 3.48. The van der Waals surface area contributed by atoms with Gasteiger partial charge in [-0.1, -0.05) is 13.0 Å². The van der Waals surface area contributed by atoms with E-state index in [-0.39, 0.29) is 0 Å². The number of thioether (sulfide) groups is 1. The van der Waals surface area contributed by atoms with E-state index in [4.69, 9.17) is 5.73 Å². The summed E-state index contributed by atoms with van der Waals surface area (Å²) < 4.78 is 1.81. The average Bonchev–Trinajstić information content (AvgIpc) is 2.55. The molecule has 1 aromatic heterocycles. The first kappa shape index (κ1) is 13.0. The van der Waals surface area contributed by atoms with Gasteiger partial charge in [0.1, 0.15) is 5.82 Å². The maximum Gasteiger partial charge on any atom is 0.147 e. The normalized spacial score (nSPS) is 10.4. The highest BCUT2D eigenvalue weighted by Crippen LogP contribution is 2.21. The van der Waals surface area contributed by atoms with Crippen LogP contribution in [0.15, 0.2) is 12.7 Å². The van der Waals surface area contributed by atoms with E-state index in [0.717, 1.165) is 41.7 Å². The molecule has 1 aromatic rings. The van der Waals surface area contributed by atoms with Gasteiger partial charge in [0.15, 0.2) is 0 Å². The molecular weight excluding hydrogens is 220 g/mol. The Morgan fingerprint density at radius 2 is 2.38 bits per heavy atom. The van der Waals surface area contributed by atoms with Crippen molar-refractivity contribution in [3.05, 3.63) is 18.3 Å². The molecule has 0 saturated carbocycles. The first-order valence-corrected chi connectivity index (χ1v) is 6.60. The van der Waals surface area contributed by atoms with Crippen molar-refractivity contribution in [1.29, 1.82) is 0 Å². The number of nitrogen functional groups attached to an aromatic ring is 1. The van der Waals surface area contributed by atoms with Crippen LogP contribution in [0.3, 0.4) is 0 Å². The van der Waals surface area contributed by atoms with Gasteiger partial charge in [0.2, 0.25) is 0 Å². The molecule has 5 heteroatoms. The lowest BCUT2D eigenvalue weighted by Gasteiger charge is -2.06. The number of rotatable bonds is 7. The average molecular weight is 240 g/mol. The Bertz CT molecular complexity index is 346. The number of hydrogen-bond donors (Lipinski definition) is 2. The lowest BCUT2D eigenvalue weighted by molar-refractivity contribution is 0.749. The largest absolute Gasteiger partial charge is 0.394 e. The molecule has 0 amide bonds. The molecule has 1 rings (SSSR count). The summed E-state index contributed by atoms with van der Waals surface area (Å²) in [5, 5.41) is 7.67. The topological polar surface area (TPSA) is 55.9 Å². The second-order valence-corrected chi connectivity index (χ2v) is 4.63. The Hall–Kier alpha value is -1.10. The van der Waals surface area contributed by atoms with E-state index in [0.29, 0.717) is 0 Å². The predicted molar refractivity (Wildman–Crippen MR) is 73.0 cm³/mol. The van der Waals surface area contributed by atoms with Crippen molar-refractivity contribution in [3.63, 3.8) is 0 Å². The van der Waals surface area contributed by atoms with Crippen molar-refractivity contribution in [2.24, 2.45) is 7.05 Å². The third-order valence-electron chi connectivity index (χ3n) is 2.27. The van der Waals surface area contributed by atoms with Gasteiger partial charge in [-0.2, -0.15) is 16.9 Å². The monoisotopic (exact) mass is 240 g/mol. The van der Waals surface area contributed by atoms with Crippen LogP contribution >= 0.6 is 11.8 Å².